The van der Waals surface area contributed by atoms with Crippen LogP contribution in [0.1, 0.15) is 4.88 Å². The summed E-state index contributed by atoms with van der Waals surface area (Å²) in [6.45, 7) is -0.278. The van der Waals surface area contributed by atoms with Crippen molar-refractivity contribution < 1.29 is 19.8 Å². The third kappa shape index (κ3) is 6.93. The van der Waals surface area contributed by atoms with Crippen molar-refractivity contribution in [2.75, 3.05) is 6.54 Å². The average molecular weight is 246 g/mol. The van der Waals surface area contributed by atoms with Gasteiger partial charge in [0.05, 0.1) is 6.54 Å². The van der Waals surface area contributed by atoms with Gasteiger partial charge in [0.15, 0.2) is 0 Å². The number of nitrogens with two attached hydrogens (primary N) is 2. The van der Waals surface area contributed by atoms with Gasteiger partial charge in [0.25, 0.3) is 0 Å². The van der Waals surface area contributed by atoms with Crippen LogP contribution >= 0.6 is 11.3 Å². The van der Waals surface area contributed by atoms with Crippen molar-refractivity contribution in [2.24, 2.45) is 11.5 Å². The maximum absolute atomic E-state index is 10.3. The molecule has 0 aromatic carbocycles. The second-order valence-electron chi connectivity index (χ2n) is 2.83. The van der Waals surface area contributed by atoms with E-state index in [2.05, 4.69) is 5.73 Å². The van der Waals surface area contributed by atoms with Crippen molar-refractivity contribution in [3.63, 3.8) is 0 Å². The monoisotopic (exact) mass is 246 g/mol. The Hall–Kier alpha value is -1.44. The van der Waals surface area contributed by atoms with Crippen molar-refractivity contribution in [3.8, 4) is 0 Å². The standard InChI is InChI=1S/C7H9NO2S.C2H5NO2/c8-6(7(9)10)4-5-2-1-3-11-5;3-1-2(4)5/h1-3,6H,4,8H2,(H,9,10);1,3H2,(H,4,5). The third-order valence-electron chi connectivity index (χ3n) is 1.49. The molecule has 16 heavy (non-hydrogen) atoms. The van der Waals surface area contributed by atoms with Gasteiger partial charge in [0.2, 0.25) is 0 Å². The quantitative estimate of drug-likeness (QED) is 0.579. The van der Waals surface area contributed by atoms with Crippen LogP contribution in [0.3, 0.4) is 0 Å². The molecule has 0 aliphatic carbocycles. The molecule has 1 heterocycles. The van der Waals surface area contributed by atoms with Crippen molar-refractivity contribution in [2.45, 2.75) is 12.5 Å². The summed E-state index contributed by atoms with van der Waals surface area (Å²) in [5, 5.41) is 18.0. The van der Waals surface area contributed by atoms with Gasteiger partial charge in [-0.1, -0.05) is 6.07 Å². The maximum atomic E-state index is 10.3. The molecular weight excluding hydrogens is 232 g/mol. The Kier molecular flexibility index (Phi) is 7.10. The van der Waals surface area contributed by atoms with E-state index in [1.807, 2.05) is 17.5 Å². The molecular formula is C9H14N2O4S. The Balaban J connectivity index is 0.000000385. The summed E-state index contributed by atoms with van der Waals surface area (Å²) in [7, 11) is 0. The van der Waals surface area contributed by atoms with E-state index in [-0.39, 0.29) is 6.54 Å². The van der Waals surface area contributed by atoms with Crippen LogP contribution < -0.4 is 11.5 Å². The fourth-order valence-corrected chi connectivity index (χ4v) is 1.50. The van der Waals surface area contributed by atoms with E-state index in [9.17, 15) is 9.59 Å². The first-order chi connectivity index (χ1) is 7.47. The van der Waals surface area contributed by atoms with Gasteiger partial charge in [0.1, 0.15) is 6.04 Å². The zero-order valence-electron chi connectivity index (χ0n) is 8.50. The van der Waals surface area contributed by atoms with E-state index < -0.39 is 18.0 Å². The Labute approximate surface area is 96.5 Å². The molecule has 6 N–H and O–H groups in total. The highest BCUT2D eigenvalue weighted by molar-refractivity contribution is 7.09. The molecule has 1 rings (SSSR count). The lowest BCUT2D eigenvalue weighted by Crippen LogP contribution is -2.31. The lowest BCUT2D eigenvalue weighted by Gasteiger charge is -2.02. The minimum atomic E-state index is -0.968. The minimum absolute atomic E-state index is 0.278. The van der Waals surface area contributed by atoms with E-state index >= 15 is 0 Å². The highest BCUT2D eigenvalue weighted by Crippen LogP contribution is 2.10. The molecule has 0 radical (unpaired) electrons. The lowest BCUT2D eigenvalue weighted by molar-refractivity contribution is -0.138. The first-order valence-corrected chi connectivity index (χ1v) is 5.28. The molecule has 6 nitrogen and oxygen atoms in total. The van der Waals surface area contributed by atoms with Gasteiger partial charge in [-0.15, -0.1) is 11.3 Å². The van der Waals surface area contributed by atoms with E-state index in [0.717, 1.165) is 4.88 Å². The fraction of sp³-hybridized carbons (Fsp3) is 0.333. The SMILES string of the molecule is NC(Cc1cccs1)C(=O)O.NCC(=O)O. The molecule has 0 spiro atoms. The summed E-state index contributed by atoms with van der Waals surface area (Å²) in [6.07, 6.45) is 0.424. The molecule has 90 valence electrons. The summed E-state index contributed by atoms with van der Waals surface area (Å²) < 4.78 is 0. The lowest BCUT2D eigenvalue weighted by atomic mass is 10.2. The maximum Gasteiger partial charge on any atom is 0.320 e. The number of aliphatic carboxylic acids is 2. The number of carboxylic acid groups (broad SMARTS) is 2. The molecule has 0 amide bonds. The zero-order valence-corrected chi connectivity index (χ0v) is 9.31. The molecule has 0 fully saturated rings. The van der Waals surface area contributed by atoms with Crippen molar-refractivity contribution in [3.05, 3.63) is 22.4 Å². The summed E-state index contributed by atoms with van der Waals surface area (Å²) in [5.41, 5.74) is 9.89. The van der Waals surface area contributed by atoms with Gasteiger partial charge < -0.3 is 21.7 Å². The molecule has 1 unspecified atom stereocenters. The van der Waals surface area contributed by atoms with Crippen molar-refractivity contribution in [1.82, 2.24) is 0 Å². The molecule has 0 aliphatic rings. The molecule has 7 heteroatoms. The van der Waals surface area contributed by atoms with Crippen LogP contribution in [0.2, 0.25) is 0 Å². The van der Waals surface area contributed by atoms with Crippen LogP contribution in [0.15, 0.2) is 17.5 Å². The Bertz CT molecular complexity index is 326. The predicted octanol–water partition coefficient (Wildman–Crippen LogP) is -0.268. The summed E-state index contributed by atoms with van der Waals surface area (Å²) in [4.78, 5) is 20.6. The van der Waals surface area contributed by atoms with E-state index in [1.165, 1.54) is 11.3 Å². The zero-order chi connectivity index (χ0) is 12.6. The summed E-state index contributed by atoms with van der Waals surface area (Å²) >= 11 is 1.53. The van der Waals surface area contributed by atoms with Crippen LogP contribution in [0, 0.1) is 0 Å². The molecule has 0 aliphatic heterocycles. The normalized spacial score (nSPS) is 11.1. The van der Waals surface area contributed by atoms with Crippen LogP contribution in [-0.2, 0) is 16.0 Å². The van der Waals surface area contributed by atoms with E-state index in [0.29, 0.717) is 6.42 Å². The van der Waals surface area contributed by atoms with Crippen LogP contribution in [0.25, 0.3) is 0 Å². The summed E-state index contributed by atoms with van der Waals surface area (Å²) in [5.74, 6) is -1.91. The van der Waals surface area contributed by atoms with E-state index in [1.54, 1.807) is 0 Å². The summed E-state index contributed by atoms with van der Waals surface area (Å²) in [6, 6.07) is 3.00. The third-order valence-corrected chi connectivity index (χ3v) is 2.39. The highest BCUT2D eigenvalue weighted by Gasteiger charge is 2.11. The molecule has 1 atom stereocenters. The highest BCUT2D eigenvalue weighted by atomic mass is 32.1. The molecule has 1 aromatic heterocycles. The van der Waals surface area contributed by atoms with Crippen LogP contribution in [-0.4, -0.2) is 34.7 Å². The van der Waals surface area contributed by atoms with Gasteiger partial charge in [-0.05, 0) is 11.4 Å². The first-order valence-electron chi connectivity index (χ1n) is 4.40. The largest absolute Gasteiger partial charge is 0.480 e. The Morgan fingerprint density at radius 1 is 1.44 bits per heavy atom. The van der Waals surface area contributed by atoms with E-state index in [4.69, 9.17) is 15.9 Å². The average Bonchev–Trinajstić information content (AvgIpc) is 2.71. The molecule has 0 saturated heterocycles. The van der Waals surface area contributed by atoms with Gasteiger partial charge >= 0.3 is 11.9 Å². The number of hydrogen-bond donors (Lipinski definition) is 4. The van der Waals surface area contributed by atoms with Crippen LogP contribution in [0.5, 0.6) is 0 Å². The molecule has 0 saturated carbocycles. The van der Waals surface area contributed by atoms with Gasteiger partial charge in [-0.2, -0.15) is 0 Å². The number of rotatable bonds is 4. The number of thiophene rings is 1. The smallest absolute Gasteiger partial charge is 0.320 e. The van der Waals surface area contributed by atoms with Gasteiger partial charge in [0, 0.05) is 11.3 Å². The minimum Gasteiger partial charge on any atom is -0.480 e. The second kappa shape index (κ2) is 7.80. The van der Waals surface area contributed by atoms with Crippen molar-refractivity contribution >= 4 is 23.3 Å². The van der Waals surface area contributed by atoms with Gasteiger partial charge in [-0.3, -0.25) is 9.59 Å². The van der Waals surface area contributed by atoms with Gasteiger partial charge in [-0.25, -0.2) is 0 Å². The number of carboxylic acids is 2. The number of hydrogen-bond acceptors (Lipinski definition) is 5. The molecule has 1 aromatic rings. The topological polar surface area (TPSA) is 127 Å². The molecule has 0 bridgehead atoms. The fourth-order valence-electron chi connectivity index (χ4n) is 0.733. The van der Waals surface area contributed by atoms with Crippen molar-refractivity contribution in [1.29, 1.82) is 0 Å². The second-order valence-corrected chi connectivity index (χ2v) is 3.86. The Morgan fingerprint density at radius 3 is 2.31 bits per heavy atom. The predicted molar refractivity (Wildman–Crippen MR) is 60.3 cm³/mol. The first kappa shape index (κ1) is 14.6. The Morgan fingerprint density at radius 2 is 2.00 bits per heavy atom. The van der Waals surface area contributed by atoms with Crippen LogP contribution in [0.4, 0.5) is 0 Å². The number of carbonyl (C=O) groups is 2.